The zero-order chi connectivity index (χ0) is 12.6. The molecule has 0 aliphatic heterocycles. The molecule has 0 saturated carbocycles. The predicted octanol–water partition coefficient (Wildman–Crippen LogP) is 0.732. The SMILES string of the molecule is Cn1c(=O)c([N+](=O)[O-])c(NN)c2ccccc21. The van der Waals surface area contributed by atoms with Crippen LogP contribution >= 0.6 is 0 Å². The second-order valence-corrected chi connectivity index (χ2v) is 3.51. The van der Waals surface area contributed by atoms with E-state index in [1.807, 2.05) is 0 Å². The number of nitrogens with two attached hydrogens (primary N) is 1. The number of nitrogens with one attached hydrogen (secondary N) is 1. The maximum atomic E-state index is 11.8. The van der Waals surface area contributed by atoms with Crippen molar-refractivity contribution in [2.45, 2.75) is 0 Å². The Morgan fingerprint density at radius 3 is 2.65 bits per heavy atom. The number of nitrogen functional groups attached to an aromatic ring is 1. The van der Waals surface area contributed by atoms with Gasteiger partial charge in [0.25, 0.3) is 0 Å². The summed E-state index contributed by atoms with van der Waals surface area (Å²) in [5.74, 6) is 5.27. The maximum Gasteiger partial charge on any atom is 0.358 e. The number of nitrogens with zero attached hydrogens (tertiary/aromatic N) is 2. The molecular formula is C10H10N4O3. The molecule has 0 radical (unpaired) electrons. The molecule has 0 spiro atoms. The van der Waals surface area contributed by atoms with Gasteiger partial charge in [-0.15, -0.1) is 0 Å². The summed E-state index contributed by atoms with van der Waals surface area (Å²) in [6.45, 7) is 0. The molecule has 0 bridgehead atoms. The summed E-state index contributed by atoms with van der Waals surface area (Å²) in [5.41, 5.74) is 1.61. The first kappa shape index (κ1) is 11.1. The lowest BCUT2D eigenvalue weighted by Gasteiger charge is -2.09. The number of para-hydroxylation sites is 1. The average molecular weight is 234 g/mol. The molecule has 0 aliphatic rings. The van der Waals surface area contributed by atoms with Gasteiger partial charge in [-0.2, -0.15) is 0 Å². The Bertz CT molecular complexity index is 662. The Morgan fingerprint density at radius 1 is 1.41 bits per heavy atom. The van der Waals surface area contributed by atoms with Gasteiger partial charge in [0.1, 0.15) is 5.69 Å². The van der Waals surface area contributed by atoms with E-state index in [1.54, 1.807) is 24.3 Å². The average Bonchev–Trinajstić information content (AvgIpc) is 2.33. The van der Waals surface area contributed by atoms with Crippen LogP contribution in [-0.2, 0) is 7.05 Å². The summed E-state index contributed by atoms with van der Waals surface area (Å²) < 4.78 is 1.23. The summed E-state index contributed by atoms with van der Waals surface area (Å²) in [6, 6.07) is 6.82. The molecule has 7 heteroatoms. The van der Waals surface area contributed by atoms with Crippen molar-refractivity contribution >= 4 is 22.3 Å². The van der Waals surface area contributed by atoms with E-state index in [0.717, 1.165) is 0 Å². The van der Waals surface area contributed by atoms with Crippen molar-refractivity contribution in [3.8, 4) is 0 Å². The molecule has 0 amide bonds. The lowest BCUT2D eigenvalue weighted by atomic mass is 10.1. The molecule has 0 unspecified atom stereocenters. The fraction of sp³-hybridized carbons (Fsp3) is 0.100. The first-order chi connectivity index (χ1) is 8.07. The van der Waals surface area contributed by atoms with Crippen LogP contribution in [0.25, 0.3) is 10.9 Å². The summed E-state index contributed by atoms with van der Waals surface area (Å²) >= 11 is 0. The van der Waals surface area contributed by atoms with Crippen molar-refractivity contribution in [3.05, 3.63) is 44.7 Å². The molecule has 7 nitrogen and oxygen atoms in total. The van der Waals surface area contributed by atoms with Crippen molar-refractivity contribution in [3.63, 3.8) is 0 Å². The Labute approximate surface area is 95.6 Å². The highest BCUT2D eigenvalue weighted by Gasteiger charge is 2.23. The molecule has 1 aromatic carbocycles. The summed E-state index contributed by atoms with van der Waals surface area (Å²) in [6.07, 6.45) is 0. The molecular weight excluding hydrogens is 224 g/mol. The third kappa shape index (κ3) is 1.53. The van der Waals surface area contributed by atoms with E-state index < -0.39 is 16.2 Å². The number of nitro groups is 1. The number of benzene rings is 1. The monoisotopic (exact) mass is 234 g/mol. The van der Waals surface area contributed by atoms with E-state index in [1.165, 1.54) is 11.6 Å². The van der Waals surface area contributed by atoms with Crippen molar-refractivity contribution in [1.29, 1.82) is 0 Å². The molecule has 0 fully saturated rings. The minimum absolute atomic E-state index is 0.0358. The molecule has 3 N–H and O–H groups in total. The lowest BCUT2D eigenvalue weighted by Crippen LogP contribution is -2.23. The second kappa shape index (κ2) is 3.87. The van der Waals surface area contributed by atoms with E-state index >= 15 is 0 Å². The van der Waals surface area contributed by atoms with Gasteiger partial charge in [0.15, 0.2) is 0 Å². The van der Waals surface area contributed by atoms with Crippen LogP contribution < -0.4 is 16.8 Å². The van der Waals surface area contributed by atoms with E-state index in [-0.39, 0.29) is 5.69 Å². The standard InChI is InChI=1S/C10H10N4O3/c1-13-7-5-3-2-4-6(7)8(12-11)9(10(13)15)14(16)17/h2-5,12H,11H2,1H3. The summed E-state index contributed by atoms with van der Waals surface area (Å²) in [7, 11) is 1.48. The van der Waals surface area contributed by atoms with Crippen LogP contribution in [0, 0.1) is 10.1 Å². The van der Waals surface area contributed by atoms with Gasteiger partial charge in [-0.05, 0) is 6.07 Å². The van der Waals surface area contributed by atoms with Gasteiger partial charge < -0.3 is 9.99 Å². The van der Waals surface area contributed by atoms with Crippen LogP contribution in [0.2, 0.25) is 0 Å². The van der Waals surface area contributed by atoms with Crippen LogP contribution in [0.3, 0.4) is 0 Å². The number of pyridine rings is 1. The first-order valence-corrected chi connectivity index (χ1v) is 4.80. The molecule has 0 aliphatic carbocycles. The van der Waals surface area contributed by atoms with E-state index in [9.17, 15) is 14.9 Å². The fourth-order valence-electron chi connectivity index (χ4n) is 1.80. The highest BCUT2D eigenvalue weighted by atomic mass is 16.6. The van der Waals surface area contributed by atoms with Gasteiger partial charge in [0.2, 0.25) is 0 Å². The van der Waals surface area contributed by atoms with Gasteiger partial charge in [0, 0.05) is 12.4 Å². The molecule has 0 atom stereocenters. The van der Waals surface area contributed by atoms with Gasteiger partial charge in [-0.3, -0.25) is 20.8 Å². The predicted molar refractivity (Wildman–Crippen MR) is 63.7 cm³/mol. The Hall–Kier alpha value is -2.41. The number of hydrogen-bond donors (Lipinski definition) is 2. The fourth-order valence-corrected chi connectivity index (χ4v) is 1.80. The third-order valence-corrected chi connectivity index (χ3v) is 2.61. The minimum Gasteiger partial charge on any atom is -0.318 e. The van der Waals surface area contributed by atoms with E-state index in [4.69, 9.17) is 5.84 Å². The van der Waals surface area contributed by atoms with Gasteiger partial charge in [-0.1, -0.05) is 18.2 Å². The van der Waals surface area contributed by atoms with Crippen LogP contribution in [0.4, 0.5) is 11.4 Å². The number of aryl methyl sites for hydroxylation is 1. The molecule has 2 aromatic rings. The van der Waals surface area contributed by atoms with Gasteiger partial charge >= 0.3 is 11.2 Å². The number of hydrazine groups is 1. The molecule has 88 valence electrons. The first-order valence-electron chi connectivity index (χ1n) is 4.80. The Kier molecular flexibility index (Phi) is 2.52. The largest absolute Gasteiger partial charge is 0.358 e. The van der Waals surface area contributed by atoms with Crippen LogP contribution in [0.5, 0.6) is 0 Å². The molecule has 17 heavy (non-hydrogen) atoms. The molecule has 1 heterocycles. The third-order valence-electron chi connectivity index (χ3n) is 2.61. The van der Waals surface area contributed by atoms with E-state index in [0.29, 0.717) is 10.9 Å². The minimum atomic E-state index is -0.732. The lowest BCUT2D eigenvalue weighted by molar-refractivity contribution is -0.385. The number of rotatable bonds is 2. The molecule has 2 rings (SSSR count). The normalized spacial score (nSPS) is 10.5. The van der Waals surface area contributed by atoms with Crippen LogP contribution in [-0.4, -0.2) is 9.49 Å². The van der Waals surface area contributed by atoms with Crippen molar-refractivity contribution in [2.24, 2.45) is 12.9 Å². The maximum absolute atomic E-state index is 11.8. The zero-order valence-electron chi connectivity index (χ0n) is 9.01. The van der Waals surface area contributed by atoms with Gasteiger partial charge in [-0.25, -0.2) is 0 Å². The smallest absolute Gasteiger partial charge is 0.318 e. The highest BCUT2D eigenvalue weighted by molar-refractivity contribution is 5.95. The number of fused-ring (bicyclic) bond motifs is 1. The van der Waals surface area contributed by atoms with Gasteiger partial charge in [0.05, 0.1) is 10.4 Å². The topological polar surface area (TPSA) is 103 Å². The number of hydrogen-bond acceptors (Lipinski definition) is 5. The Morgan fingerprint density at radius 2 is 2.06 bits per heavy atom. The summed E-state index contributed by atoms with van der Waals surface area (Å²) in [5, 5.41) is 11.4. The van der Waals surface area contributed by atoms with Crippen LogP contribution in [0.15, 0.2) is 29.1 Å². The van der Waals surface area contributed by atoms with Crippen LogP contribution in [0.1, 0.15) is 0 Å². The second-order valence-electron chi connectivity index (χ2n) is 3.51. The molecule has 1 aromatic heterocycles. The summed E-state index contributed by atoms with van der Waals surface area (Å²) in [4.78, 5) is 22.0. The van der Waals surface area contributed by atoms with E-state index in [2.05, 4.69) is 5.43 Å². The molecule has 0 saturated heterocycles. The van der Waals surface area contributed by atoms with Crippen molar-refractivity contribution in [2.75, 3.05) is 5.43 Å². The van der Waals surface area contributed by atoms with Crippen molar-refractivity contribution in [1.82, 2.24) is 4.57 Å². The number of aromatic nitrogens is 1. The van der Waals surface area contributed by atoms with Crippen molar-refractivity contribution < 1.29 is 4.92 Å². The highest BCUT2D eigenvalue weighted by Crippen LogP contribution is 2.28. The quantitative estimate of drug-likeness (QED) is 0.453. The Balaban J connectivity index is 3.06. The zero-order valence-corrected chi connectivity index (χ0v) is 9.01. The number of anilines is 1.